The van der Waals surface area contributed by atoms with Gasteiger partial charge in [-0.25, -0.2) is 0 Å². The van der Waals surface area contributed by atoms with Gasteiger partial charge in [0.05, 0.1) is 19.8 Å². The van der Waals surface area contributed by atoms with Crippen molar-refractivity contribution < 1.29 is 25.2 Å². The highest BCUT2D eigenvalue weighted by Crippen LogP contribution is 2.36. The molecule has 1 aliphatic rings. The first kappa shape index (κ1) is 16.3. The monoisotopic (exact) mass is 327 g/mol. The minimum atomic E-state index is -1.57. The van der Waals surface area contributed by atoms with Crippen molar-refractivity contribution >= 4 is 11.5 Å². The van der Waals surface area contributed by atoms with Gasteiger partial charge in [-0.3, -0.25) is 9.79 Å². The quantitative estimate of drug-likeness (QED) is 0.663. The third-order valence-corrected chi connectivity index (χ3v) is 4.17. The zero-order valence-corrected chi connectivity index (χ0v) is 12.8. The number of phenols is 1. The third-order valence-electron chi connectivity index (χ3n) is 4.17. The van der Waals surface area contributed by atoms with E-state index in [1.54, 1.807) is 24.3 Å². The molecule has 6 nitrogen and oxygen atoms in total. The van der Waals surface area contributed by atoms with Crippen LogP contribution in [0.15, 0.2) is 47.5 Å². The Morgan fingerprint density at radius 3 is 2.04 bits per heavy atom. The summed E-state index contributed by atoms with van der Waals surface area (Å²) in [7, 11) is 0. The Bertz CT molecular complexity index is 816. The standard InChI is InChI=1S/C18H17NO5/c20-8-18(9-21,10-22)19-16-15-7-11(23)5-6-13(15)12-3-1-2-4-14(12)17(16)24/h1-7,20-23H,8-10H2. The van der Waals surface area contributed by atoms with E-state index in [0.717, 1.165) is 5.56 Å². The first-order valence-corrected chi connectivity index (χ1v) is 7.45. The molecule has 2 aromatic rings. The normalized spacial score (nSPS) is 15.3. The van der Waals surface area contributed by atoms with Gasteiger partial charge in [-0.1, -0.05) is 24.3 Å². The molecule has 0 aromatic heterocycles. The molecule has 0 unspecified atom stereocenters. The van der Waals surface area contributed by atoms with E-state index in [-0.39, 0.29) is 17.2 Å². The molecule has 0 amide bonds. The molecule has 3 rings (SSSR count). The van der Waals surface area contributed by atoms with Gasteiger partial charge in [-0.15, -0.1) is 0 Å². The average molecular weight is 327 g/mol. The van der Waals surface area contributed by atoms with Crippen LogP contribution in [0.25, 0.3) is 11.1 Å². The number of aliphatic hydroxyl groups excluding tert-OH is 3. The summed E-state index contributed by atoms with van der Waals surface area (Å²) in [5.41, 5.74) is 0.704. The van der Waals surface area contributed by atoms with Crippen LogP contribution in [0.4, 0.5) is 0 Å². The van der Waals surface area contributed by atoms with E-state index in [1.807, 2.05) is 6.07 Å². The number of hydrogen-bond donors (Lipinski definition) is 4. The van der Waals surface area contributed by atoms with Gasteiger partial charge in [-0.05, 0) is 29.3 Å². The number of aliphatic imine (C=N–C) groups is 1. The van der Waals surface area contributed by atoms with Crippen molar-refractivity contribution in [2.45, 2.75) is 5.54 Å². The summed E-state index contributed by atoms with van der Waals surface area (Å²) in [5, 5.41) is 38.3. The third kappa shape index (κ3) is 2.50. The molecule has 4 N–H and O–H groups in total. The van der Waals surface area contributed by atoms with Crippen LogP contribution in [0.3, 0.4) is 0 Å². The van der Waals surface area contributed by atoms with Crippen molar-refractivity contribution in [1.29, 1.82) is 0 Å². The lowest BCUT2D eigenvalue weighted by Crippen LogP contribution is -2.42. The number of aromatic hydroxyl groups is 1. The number of carbonyl (C=O) groups excluding carboxylic acids is 1. The predicted molar refractivity (Wildman–Crippen MR) is 88.4 cm³/mol. The predicted octanol–water partition coefficient (Wildman–Crippen LogP) is 0.760. The molecule has 0 atom stereocenters. The number of aliphatic hydroxyl groups is 3. The molecule has 124 valence electrons. The smallest absolute Gasteiger partial charge is 0.212 e. The molecule has 0 heterocycles. The Hall–Kier alpha value is -2.54. The topological polar surface area (TPSA) is 110 Å². The van der Waals surface area contributed by atoms with Crippen molar-refractivity contribution in [3.63, 3.8) is 0 Å². The van der Waals surface area contributed by atoms with Gasteiger partial charge < -0.3 is 20.4 Å². The number of rotatable bonds is 4. The minimum Gasteiger partial charge on any atom is -0.508 e. The van der Waals surface area contributed by atoms with Crippen molar-refractivity contribution in [3.8, 4) is 16.9 Å². The fraction of sp³-hybridized carbons (Fsp3) is 0.222. The number of ketones is 1. The zero-order chi connectivity index (χ0) is 17.3. The number of nitrogens with zero attached hydrogens (tertiary/aromatic N) is 1. The maximum Gasteiger partial charge on any atom is 0.212 e. The molecule has 6 heteroatoms. The molecular weight excluding hydrogens is 310 g/mol. The Balaban J connectivity index is 2.29. The fourth-order valence-corrected chi connectivity index (χ4v) is 2.73. The van der Waals surface area contributed by atoms with E-state index >= 15 is 0 Å². The van der Waals surface area contributed by atoms with Crippen LogP contribution in [-0.4, -0.2) is 57.3 Å². The van der Waals surface area contributed by atoms with Crippen LogP contribution in [-0.2, 0) is 0 Å². The lowest BCUT2D eigenvalue weighted by atomic mass is 9.83. The molecule has 0 saturated heterocycles. The van der Waals surface area contributed by atoms with Crippen molar-refractivity contribution in [3.05, 3.63) is 53.6 Å². The van der Waals surface area contributed by atoms with Gasteiger partial charge in [-0.2, -0.15) is 0 Å². The molecule has 0 saturated carbocycles. The van der Waals surface area contributed by atoms with Crippen LogP contribution >= 0.6 is 0 Å². The van der Waals surface area contributed by atoms with Crippen LogP contribution in [0.5, 0.6) is 5.75 Å². The summed E-state index contributed by atoms with van der Waals surface area (Å²) >= 11 is 0. The highest BCUT2D eigenvalue weighted by molar-refractivity contribution is 6.55. The second-order valence-electron chi connectivity index (χ2n) is 5.76. The molecule has 1 aliphatic carbocycles. The summed E-state index contributed by atoms with van der Waals surface area (Å²) in [4.78, 5) is 17.0. The number of Topliss-reactive ketones (excluding diaryl/α,β-unsaturated/α-hetero) is 1. The van der Waals surface area contributed by atoms with Crippen LogP contribution in [0.1, 0.15) is 15.9 Å². The van der Waals surface area contributed by atoms with E-state index in [2.05, 4.69) is 4.99 Å². The number of fused-ring (bicyclic) bond motifs is 3. The second-order valence-corrected chi connectivity index (χ2v) is 5.76. The van der Waals surface area contributed by atoms with E-state index in [9.17, 15) is 25.2 Å². The van der Waals surface area contributed by atoms with Crippen molar-refractivity contribution in [2.75, 3.05) is 19.8 Å². The van der Waals surface area contributed by atoms with Gasteiger partial charge in [0.15, 0.2) is 0 Å². The first-order valence-electron chi connectivity index (χ1n) is 7.45. The SMILES string of the molecule is O=C1C(=NC(CO)(CO)CO)c2cc(O)ccc2-c2ccccc21. The molecule has 0 bridgehead atoms. The molecule has 0 spiro atoms. The van der Waals surface area contributed by atoms with Gasteiger partial charge >= 0.3 is 0 Å². The van der Waals surface area contributed by atoms with Crippen LogP contribution < -0.4 is 0 Å². The summed E-state index contributed by atoms with van der Waals surface area (Å²) in [5.74, 6) is -0.417. The molecule has 0 aliphatic heterocycles. The summed E-state index contributed by atoms with van der Waals surface area (Å²) in [6.45, 7) is -1.86. The van der Waals surface area contributed by atoms with E-state index in [4.69, 9.17) is 0 Å². The maximum atomic E-state index is 12.9. The molecule has 0 radical (unpaired) electrons. The lowest BCUT2D eigenvalue weighted by molar-refractivity contribution is 0.0712. The van der Waals surface area contributed by atoms with Gasteiger partial charge in [0.1, 0.15) is 17.0 Å². The first-order chi connectivity index (χ1) is 11.5. The van der Waals surface area contributed by atoms with Crippen LogP contribution in [0.2, 0.25) is 0 Å². The Kier molecular flexibility index (Phi) is 4.19. The van der Waals surface area contributed by atoms with Crippen molar-refractivity contribution in [2.24, 2.45) is 4.99 Å². The Morgan fingerprint density at radius 1 is 0.833 bits per heavy atom. The van der Waals surface area contributed by atoms with Crippen LogP contribution in [0, 0.1) is 0 Å². The Labute approximate surface area is 138 Å². The Morgan fingerprint density at radius 2 is 1.42 bits per heavy atom. The average Bonchev–Trinajstić information content (AvgIpc) is 2.62. The second kappa shape index (κ2) is 6.16. The van der Waals surface area contributed by atoms with Gasteiger partial charge in [0.2, 0.25) is 5.78 Å². The van der Waals surface area contributed by atoms with Gasteiger partial charge in [0.25, 0.3) is 0 Å². The van der Waals surface area contributed by atoms with Gasteiger partial charge in [0, 0.05) is 11.1 Å². The van der Waals surface area contributed by atoms with Crippen molar-refractivity contribution in [1.82, 2.24) is 0 Å². The fourth-order valence-electron chi connectivity index (χ4n) is 2.73. The number of phenolic OH excluding ortho intramolecular Hbond substituents is 1. The molecule has 24 heavy (non-hydrogen) atoms. The minimum absolute atomic E-state index is 0.00301. The number of hydrogen-bond acceptors (Lipinski definition) is 6. The zero-order valence-electron chi connectivity index (χ0n) is 12.8. The molecule has 0 fully saturated rings. The van der Waals surface area contributed by atoms with E-state index < -0.39 is 25.4 Å². The summed E-state index contributed by atoms with van der Waals surface area (Å²) < 4.78 is 0. The molecule has 2 aromatic carbocycles. The van der Waals surface area contributed by atoms with E-state index in [0.29, 0.717) is 16.7 Å². The summed E-state index contributed by atoms with van der Waals surface area (Å²) in [6.07, 6.45) is 0. The highest BCUT2D eigenvalue weighted by atomic mass is 16.3. The summed E-state index contributed by atoms with van der Waals surface area (Å²) in [6, 6.07) is 11.6. The molecular formula is C18H17NO5. The number of carbonyl (C=O) groups is 1. The highest BCUT2D eigenvalue weighted by Gasteiger charge is 2.34. The largest absolute Gasteiger partial charge is 0.508 e. The number of benzene rings is 2. The maximum absolute atomic E-state index is 12.9. The van der Waals surface area contributed by atoms with E-state index in [1.165, 1.54) is 12.1 Å². The lowest BCUT2D eigenvalue weighted by Gasteiger charge is -2.27.